The Labute approximate surface area is 132 Å². The molecule has 2 rings (SSSR count). The molecule has 2 aromatic rings. The Balaban J connectivity index is 1.87. The number of hydrogen-bond acceptors (Lipinski definition) is 3. The molecule has 4 nitrogen and oxygen atoms in total. The first-order chi connectivity index (χ1) is 10.1. The molecule has 0 atom stereocenters. The Morgan fingerprint density at radius 3 is 2.67 bits per heavy atom. The van der Waals surface area contributed by atoms with Crippen molar-refractivity contribution in [1.82, 2.24) is 10.3 Å². The van der Waals surface area contributed by atoms with Crippen molar-refractivity contribution in [2.45, 2.75) is 20.4 Å². The third kappa shape index (κ3) is 4.56. The van der Waals surface area contributed by atoms with Gasteiger partial charge in [0.2, 0.25) is 0 Å². The van der Waals surface area contributed by atoms with E-state index in [0.717, 1.165) is 26.9 Å². The molecule has 1 N–H and O–H groups in total. The molecule has 0 unspecified atom stereocenters. The highest BCUT2D eigenvalue weighted by molar-refractivity contribution is 9.10. The van der Waals surface area contributed by atoms with Gasteiger partial charge in [-0.1, -0.05) is 22.0 Å². The molecule has 1 amide bonds. The Kier molecular flexibility index (Phi) is 5.33. The van der Waals surface area contributed by atoms with Crippen LogP contribution in [0.25, 0.3) is 0 Å². The minimum atomic E-state index is -0.152. The average molecular weight is 349 g/mol. The number of benzene rings is 1. The van der Waals surface area contributed by atoms with Gasteiger partial charge in [-0.3, -0.25) is 9.78 Å². The molecule has 1 aromatic heterocycles. The van der Waals surface area contributed by atoms with Gasteiger partial charge in [0, 0.05) is 23.4 Å². The predicted molar refractivity (Wildman–Crippen MR) is 85.2 cm³/mol. The van der Waals surface area contributed by atoms with Crippen LogP contribution in [0.3, 0.4) is 0 Å². The van der Waals surface area contributed by atoms with Crippen LogP contribution in [0.4, 0.5) is 0 Å². The standard InChI is InChI=1S/C16H17BrN2O2/c1-11-6-14(17)7-12(2)16(11)21-10-15(20)19-9-13-4-3-5-18-8-13/h3-8H,9-10H2,1-2H3,(H,19,20). The van der Waals surface area contributed by atoms with Crippen molar-refractivity contribution >= 4 is 21.8 Å². The lowest BCUT2D eigenvalue weighted by molar-refractivity contribution is -0.123. The number of carbonyl (C=O) groups is 1. The number of aromatic nitrogens is 1. The summed E-state index contributed by atoms with van der Waals surface area (Å²) >= 11 is 3.44. The molecule has 0 aliphatic heterocycles. The number of hydrogen-bond donors (Lipinski definition) is 1. The summed E-state index contributed by atoms with van der Waals surface area (Å²) in [4.78, 5) is 15.8. The van der Waals surface area contributed by atoms with Gasteiger partial charge >= 0.3 is 0 Å². The largest absolute Gasteiger partial charge is 0.483 e. The highest BCUT2D eigenvalue weighted by atomic mass is 79.9. The van der Waals surface area contributed by atoms with Crippen molar-refractivity contribution in [2.75, 3.05) is 6.61 Å². The van der Waals surface area contributed by atoms with Gasteiger partial charge in [-0.25, -0.2) is 0 Å². The van der Waals surface area contributed by atoms with Gasteiger partial charge in [-0.2, -0.15) is 0 Å². The zero-order valence-electron chi connectivity index (χ0n) is 12.0. The summed E-state index contributed by atoms with van der Waals surface area (Å²) in [5.41, 5.74) is 2.96. The first kappa shape index (κ1) is 15.5. The summed E-state index contributed by atoms with van der Waals surface area (Å²) in [7, 11) is 0. The second-order valence-corrected chi connectivity index (χ2v) is 5.71. The van der Waals surface area contributed by atoms with Crippen LogP contribution >= 0.6 is 15.9 Å². The number of nitrogens with one attached hydrogen (secondary N) is 1. The third-order valence-electron chi connectivity index (χ3n) is 2.99. The summed E-state index contributed by atoms with van der Waals surface area (Å²) < 4.78 is 6.63. The van der Waals surface area contributed by atoms with Crippen LogP contribution in [0, 0.1) is 13.8 Å². The van der Waals surface area contributed by atoms with E-state index in [9.17, 15) is 4.79 Å². The fraction of sp³-hybridized carbons (Fsp3) is 0.250. The van der Waals surface area contributed by atoms with E-state index in [2.05, 4.69) is 26.2 Å². The van der Waals surface area contributed by atoms with Crippen molar-refractivity contribution in [3.8, 4) is 5.75 Å². The van der Waals surface area contributed by atoms with E-state index in [1.807, 2.05) is 38.1 Å². The van der Waals surface area contributed by atoms with Gasteiger partial charge < -0.3 is 10.1 Å². The topological polar surface area (TPSA) is 51.2 Å². The monoisotopic (exact) mass is 348 g/mol. The molecule has 1 heterocycles. The SMILES string of the molecule is Cc1cc(Br)cc(C)c1OCC(=O)NCc1cccnc1. The van der Waals surface area contributed by atoms with E-state index in [1.165, 1.54) is 0 Å². The van der Waals surface area contributed by atoms with Gasteiger partial charge in [-0.05, 0) is 48.7 Å². The van der Waals surface area contributed by atoms with Crippen LogP contribution in [0.1, 0.15) is 16.7 Å². The van der Waals surface area contributed by atoms with Crippen molar-refractivity contribution < 1.29 is 9.53 Å². The lowest BCUT2D eigenvalue weighted by Crippen LogP contribution is -2.28. The molecule has 110 valence electrons. The molecule has 0 aliphatic rings. The number of pyridine rings is 1. The minimum Gasteiger partial charge on any atom is -0.483 e. The number of aryl methyl sites for hydroxylation is 2. The summed E-state index contributed by atoms with van der Waals surface area (Å²) in [6, 6.07) is 7.69. The second-order valence-electron chi connectivity index (χ2n) is 4.80. The Morgan fingerprint density at radius 1 is 1.33 bits per heavy atom. The van der Waals surface area contributed by atoms with Crippen LogP contribution < -0.4 is 10.1 Å². The minimum absolute atomic E-state index is 0.00355. The Hall–Kier alpha value is -1.88. The van der Waals surface area contributed by atoms with E-state index >= 15 is 0 Å². The van der Waals surface area contributed by atoms with Gasteiger partial charge in [0.15, 0.2) is 6.61 Å². The lowest BCUT2D eigenvalue weighted by atomic mass is 10.1. The van der Waals surface area contributed by atoms with Crippen molar-refractivity contribution in [3.63, 3.8) is 0 Å². The number of amides is 1. The number of nitrogens with zero attached hydrogens (tertiary/aromatic N) is 1. The van der Waals surface area contributed by atoms with E-state index in [0.29, 0.717) is 6.54 Å². The normalized spacial score (nSPS) is 10.2. The molecule has 0 spiro atoms. The molecule has 5 heteroatoms. The first-order valence-electron chi connectivity index (χ1n) is 6.61. The number of ether oxygens (including phenoxy) is 1. The lowest BCUT2D eigenvalue weighted by Gasteiger charge is -2.12. The van der Waals surface area contributed by atoms with Gasteiger partial charge in [0.25, 0.3) is 5.91 Å². The third-order valence-corrected chi connectivity index (χ3v) is 3.44. The predicted octanol–water partition coefficient (Wildman–Crippen LogP) is 3.16. The highest BCUT2D eigenvalue weighted by Crippen LogP contribution is 2.27. The van der Waals surface area contributed by atoms with Crippen LogP contribution in [0.2, 0.25) is 0 Å². The maximum atomic E-state index is 11.8. The molecule has 0 saturated heterocycles. The Bertz CT molecular complexity index is 606. The molecule has 0 radical (unpaired) electrons. The maximum Gasteiger partial charge on any atom is 0.258 e. The average Bonchev–Trinajstić information content (AvgIpc) is 2.45. The number of rotatable bonds is 5. The summed E-state index contributed by atoms with van der Waals surface area (Å²) in [6.45, 7) is 4.37. The van der Waals surface area contributed by atoms with Crippen molar-refractivity contribution in [2.24, 2.45) is 0 Å². The molecule has 0 aliphatic carbocycles. The van der Waals surface area contributed by atoms with Crippen molar-refractivity contribution in [1.29, 1.82) is 0 Å². The van der Waals surface area contributed by atoms with Gasteiger partial charge in [0.05, 0.1) is 0 Å². The molecule has 0 bridgehead atoms. The zero-order valence-corrected chi connectivity index (χ0v) is 13.6. The maximum absolute atomic E-state index is 11.8. The summed E-state index contributed by atoms with van der Waals surface area (Å²) in [5, 5.41) is 2.81. The van der Waals surface area contributed by atoms with Crippen LogP contribution in [-0.4, -0.2) is 17.5 Å². The van der Waals surface area contributed by atoms with Crippen molar-refractivity contribution in [3.05, 3.63) is 57.8 Å². The molecule has 0 fully saturated rings. The number of halogens is 1. The molecule has 1 aromatic carbocycles. The summed E-state index contributed by atoms with van der Waals surface area (Å²) in [5.74, 6) is 0.607. The summed E-state index contributed by atoms with van der Waals surface area (Å²) in [6.07, 6.45) is 3.43. The van der Waals surface area contributed by atoms with Gasteiger partial charge in [-0.15, -0.1) is 0 Å². The van der Waals surface area contributed by atoms with E-state index in [-0.39, 0.29) is 12.5 Å². The number of carbonyl (C=O) groups excluding carboxylic acids is 1. The quantitative estimate of drug-likeness (QED) is 0.902. The fourth-order valence-corrected chi connectivity index (χ4v) is 2.70. The first-order valence-corrected chi connectivity index (χ1v) is 7.40. The van der Waals surface area contributed by atoms with Crippen LogP contribution in [-0.2, 0) is 11.3 Å². The van der Waals surface area contributed by atoms with E-state index in [1.54, 1.807) is 12.4 Å². The van der Waals surface area contributed by atoms with Crippen LogP contribution in [0.5, 0.6) is 5.75 Å². The fourth-order valence-electron chi connectivity index (χ4n) is 2.02. The zero-order chi connectivity index (χ0) is 15.2. The Morgan fingerprint density at radius 2 is 2.05 bits per heavy atom. The molecule has 0 saturated carbocycles. The van der Waals surface area contributed by atoms with E-state index < -0.39 is 0 Å². The second kappa shape index (κ2) is 7.22. The van der Waals surface area contributed by atoms with Crippen LogP contribution in [0.15, 0.2) is 41.1 Å². The molecular weight excluding hydrogens is 332 g/mol. The van der Waals surface area contributed by atoms with E-state index in [4.69, 9.17) is 4.74 Å². The van der Waals surface area contributed by atoms with Gasteiger partial charge in [0.1, 0.15) is 5.75 Å². The molecular formula is C16H17BrN2O2. The molecule has 21 heavy (non-hydrogen) atoms. The highest BCUT2D eigenvalue weighted by Gasteiger charge is 2.08. The smallest absolute Gasteiger partial charge is 0.258 e.